The van der Waals surface area contributed by atoms with Gasteiger partial charge in [-0.05, 0) is 24.6 Å². The van der Waals surface area contributed by atoms with Gasteiger partial charge in [-0.3, -0.25) is 5.10 Å². The molecule has 0 saturated carbocycles. The molecule has 16 heavy (non-hydrogen) atoms. The van der Waals surface area contributed by atoms with E-state index in [4.69, 9.17) is 5.11 Å². The summed E-state index contributed by atoms with van der Waals surface area (Å²) in [6, 6.07) is 7.47. The standard InChI is InChI=1S/C11H9BrN2O2/c1-6-9(10(11(15)16)14-13-6)7-3-2-4-8(12)5-7/h2-5H,1H3,(H,13,14)(H,15,16). The Bertz CT molecular complexity index is 549. The summed E-state index contributed by atoms with van der Waals surface area (Å²) in [5, 5.41) is 15.5. The van der Waals surface area contributed by atoms with Crippen LogP contribution in [0.15, 0.2) is 28.7 Å². The smallest absolute Gasteiger partial charge is 0.357 e. The number of aromatic amines is 1. The molecule has 1 heterocycles. The highest BCUT2D eigenvalue weighted by Crippen LogP contribution is 2.27. The van der Waals surface area contributed by atoms with Gasteiger partial charge in [0.2, 0.25) is 0 Å². The molecular formula is C11H9BrN2O2. The molecule has 2 aromatic rings. The number of benzene rings is 1. The molecule has 2 rings (SSSR count). The van der Waals surface area contributed by atoms with Crippen LogP contribution in [0.3, 0.4) is 0 Å². The number of carboxylic acids is 1. The van der Waals surface area contributed by atoms with Crippen LogP contribution in [0.4, 0.5) is 0 Å². The minimum Gasteiger partial charge on any atom is -0.476 e. The van der Waals surface area contributed by atoms with Gasteiger partial charge in [0, 0.05) is 15.7 Å². The second kappa shape index (κ2) is 4.09. The topological polar surface area (TPSA) is 66.0 Å². The van der Waals surface area contributed by atoms with Gasteiger partial charge >= 0.3 is 5.97 Å². The minimum absolute atomic E-state index is 0.0515. The SMILES string of the molecule is Cc1[nH]nc(C(=O)O)c1-c1cccc(Br)c1. The van der Waals surface area contributed by atoms with Gasteiger partial charge in [-0.1, -0.05) is 28.1 Å². The summed E-state index contributed by atoms with van der Waals surface area (Å²) in [6.07, 6.45) is 0. The van der Waals surface area contributed by atoms with Crippen LogP contribution >= 0.6 is 15.9 Å². The summed E-state index contributed by atoms with van der Waals surface area (Å²) in [5.74, 6) is -1.03. The second-order valence-electron chi connectivity index (χ2n) is 3.39. The quantitative estimate of drug-likeness (QED) is 0.889. The van der Waals surface area contributed by atoms with Crippen molar-refractivity contribution in [2.45, 2.75) is 6.92 Å². The maximum absolute atomic E-state index is 11.0. The molecule has 0 amide bonds. The molecule has 5 heteroatoms. The number of aryl methyl sites for hydroxylation is 1. The summed E-state index contributed by atoms with van der Waals surface area (Å²) in [7, 11) is 0. The van der Waals surface area contributed by atoms with Crippen LogP contribution in [0.5, 0.6) is 0 Å². The van der Waals surface area contributed by atoms with Gasteiger partial charge in [0.1, 0.15) is 0 Å². The number of rotatable bonds is 2. The van der Waals surface area contributed by atoms with Crippen molar-refractivity contribution < 1.29 is 9.90 Å². The van der Waals surface area contributed by atoms with Crippen molar-refractivity contribution in [2.24, 2.45) is 0 Å². The lowest BCUT2D eigenvalue weighted by Gasteiger charge is -2.01. The zero-order valence-electron chi connectivity index (χ0n) is 8.49. The van der Waals surface area contributed by atoms with Crippen LogP contribution in [0, 0.1) is 6.92 Å². The van der Waals surface area contributed by atoms with E-state index < -0.39 is 5.97 Å². The molecule has 0 fully saturated rings. The lowest BCUT2D eigenvalue weighted by atomic mass is 10.0. The Balaban J connectivity index is 2.63. The number of nitrogens with one attached hydrogen (secondary N) is 1. The molecule has 0 aliphatic heterocycles. The molecule has 0 saturated heterocycles. The van der Waals surface area contributed by atoms with Gasteiger partial charge in [-0.25, -0.2) is 4.79 Å². The molecule has 1 aromatic heterocycles. The average Bonchev–Trinajstić information content (AvgIpc) is 2.60. The molecule has 1 aromatic carbocycles. The van der Waals surface area contributed by atoms with E-state index in [1.165, 1.54) is 0 Å². The molecule has 82 valence electrons. The number of hydrogen-bond acceptors (Lipinski definition) is 2. The number of carbonyl (C=O) groups is 1. The molecule has 0 atom stereocenters. The number of aromatic nitrogens is 2. The molecule has 0 bridgehead atoms. The molecule has 0 aliphatic rings. The van der Waals surface area contributed by atoms with Gasteiger partial charge < -0.3 is 5.11 Å². The third kappa shape index (κ3) is 1.86. The Hall–Kier alpha value is -1.62. The molecule has 2 N–H and O–H groups in total. The first-order valence-corrected chi connectivity index (χ1v) is 5.43. The highest BCUT2D eigenvalue weighted by Gasteiger charge is 2.17. The highest BCUT2D eigenvalue weighted by molar-refractivity contribution is 9.10. The van der Waals surface area contributed by atoms with E-state index >= 15 is 0 Å². The summed E-state index contributed by atoms with van der Waals surface area (Å²) in [6.45, 7) is 1.80. The minimum atomic E-state index is -1.03. The first kappa shape index (κ1) is 10.9. The van der Waals surface area contributed by atoms with Crippen LogP contribution in [0.1, 0.15) is 16.2 Å². The van der Waals surface area contributed by atoms with Crippen molar-refractivity contribution in [3.05, 3.63) is 40.1 Å². The largest absolute Gasteiger partial charge is 0.476 e. The zero-order chi connectivity index (χ0) is 11.7. The molecular weight excluding hydrogens is 272 g/mol. The van der Waals surface area contributed by atoms with Gasteiger partial charge in [-0.2, -0.15) is 5.10 Å². The molecule has 4 nitrogen and oxygen atoms in total. The fraction of sp³-hybridized carbons (Fsp3) is 0.0909. The summed E-state index contributed by atoms with van der Waals surface area (Å²) in [5.41, 5.74) is 2.26. The highest BCUT2D eigenvalue weighted by atomic mass is 79.9. The number of hydrogen-bond donors (Lipinski definition) is 2. The van der Waals surface area contributed by atoms with Gasteiger partial charge in [0.25, 0.3) is 0 Å². The van der Waals surface area contributed by atoms with Gasteiger partial charge in [-0.15, -0.1) is 0 Å². The maximum atomic E-state index is 11.0. The van der Waals surface area contributed by atoms with Crippen LogP contribution in [0.25, 0.3) is 11.1 Å². The monoisotopic (exact) mass is 280 g/mol. The van der Waals surface area contributed by atoms with Crippen molar-refractivity contribution in [2.75, 3.05) is 0 Å². The van der Waals surface area contributed by atoms with Crippen LogP contribution < -0.4 is 0 Å². The lowest BCUT2D eigenvalue weighted by Crippen LogP contribution is -1.99. The van der Waals surface area contributed by atoms with Gasteiger partial charge in [0.15, 0.2) is 5.69 Å². The summed E-state index contributed by atoms with van der Waals surface area (Å²) in [4.78, 5) is 11.0. The Labute approximate surface area is 100 Å². The fourth-order valence-corrected chi connectivity index (χ4v) is 1.98. The Morgan fingerprint density at radius 1 is 1.50 bits per heavy atom. The number of halogens is 1. The Kier molecular flexibility index (Phi) is 2.78. The number of H-pyrrole nitrogens is 1. The van der Waals surface area contributed by atoms with E-state index in [0.29, 0.717) is 5.56 Å². The molecule has 0 spiro atoms. The zero-order valence-corrected chi connectivity index (χ0v) is 10.1. The molecule has 0 unspecified atom stereocenters. The lowest BCUT2D eigenvalue weighted by molar-refractivity contribution is 0.0691. The van der Waals surface area contributed by atoms with E-state index in [-0.39, 0.29) is 5.69 Å². The molecule has 0 aliphatic carbocycles. The first-order valence-electron chi connectivity index (χ1n) is 4.64. The maximum Gasteiger partial charge on any atom is 0.357 e. The molecule has 0 radical (unpaired) electrons. The fourth-order valence-electron chi connectivity index (χ4n) is 1.58. The number of nitrogens with zero attached hydrogens (tertiary/aromatic N) is 1. The second-order valence-corrected chi connectivity index (χ2v) is 4.30. The van der Waals surface area contributed by atoms with E-state index in [0.717, 1.165) is 15.7 Å². The Morgan fingerprint density at radius 2 is 2.25 bits per heavy atom. The van der Waals surface area contributed by atoms with Crippen molar-refractivity contribution in [1.29, 1.82) is 0 Å². The van der Waals surface area contributed by atoms with Gasteiger partial charge in [0.05, 0.1) is 0 Å². The third-order valence-electron chi connectivity index (χ3n) is 2.26. The van der Waals surface area contributed by atoms with Crippen molar-refractivity contribution in [3.63, 3.8) is 0 Å². The van der Waals surface area contributed by atoms with E-state index in [2.05, 4.69) is 26.1 Å². The normalized spacial score (nSPS) is 10.4. The summed E-state index contributed by atoms with van der Waals surface area (Å²) < 4.78 is 0.905. The van der Waals surface area contributed by atoms with Crippen molar-refractivity contribution in [1.82, 2.24) is 10.2 Å². The number of aromatic carboxylic acids is 1. The van der Waals surface area contributed by atoms with Crippen molar-refractivity contribution >= 4 is 21.9 Å². The Morgan fingerprint density at radius 3 is 2.88 bits per heavy atom. The predicted molar refractivity (Wildman–Crippen MR) is 63.4 cm³/mol. The van der Waals surface area contributed by atoms with Crippen LogP contribution in [-0.4, -0.2) is 21.3 Å². The van der Waals surface area contributed by atoms with E-state index in [1.807, 2.05) is 24.3 Å². The average molecular weight is 281 g/mol. The number of carboxylic acid groups (broad SMARTS) is 1. The predicted octanol–water partition coefficient (Wildman–Crippen LogP) is 2.85. The van der Waals surface area contributed by atoms with Crippen LogP contribution in [0.2, 0.25) is 0 Å². The van der Waals surface area contributed by atoms with E-state index in [9.17, 15) is 4.79 Å². The van der Waals surface area contributed by atoms with Crippen LogP contribution in [-0.2, 0) is 0 Å². The summed E-state index contributed by atoms with van der Waals surface area (Å²) >= 11 is 3.36. The van der Waals surface area contributed by atoms with E-state index in [1.54, 1.807) is 6.92 Å². The first-order chi connectivity index (χ1) is 7.59. The van der Waals surface area contributed by atoms with Crippen molar-refractivity contribution in [3.8, 4) is 11.1 Å². The third-order valence-corrected chi connectivity index (χ3v) is 2.76.